The normalized spacial score (nSPS) is 12.7. The minimum Gasteiger partial charge on any atom is -0.601 e. The van der Waals surface area contributed by atoms with Gasteiger partial charge in [0.2, 0.25) is 0 Å². The van der Waals surface area contributed by atoms with E-state index in [9.17, 15) is 9.69 Å². The predicted molar refractivity (Wildman–Crippen MR) is 33.4 cm³/mol. The third kappa shape index (κ3) is 2.89. The SMILES string of the molecule is CCO/C(C(=O)O)=[P+](\[O-])O. The Balaban J connectivity index is 4.28. The van der Waals surface area contributed by atoms with Gasteiger partial charge in [-0.05, 0) is 6.92 Å². The largest absolute Gasteiger partial charge is 0.601 e. The summed E-state index contributed by atoms with van der Waals surface area (Å²) < 4.78 is 4.35. The van der Waals surface area contributed by atoms with Crippen LogP contribution in [0, 0.1) is 0 Å². The minimum absolute atomic E-state index is 0.0727. The number of rotatable bonds is 3. The van der Waals surface area contributed by atoms with Crippen molar-refractivity contribution in [2.45, 2.75) is 6.92 Å². The molecule has 0 saturated carbocycles. The standard InChI is InChI=1S/C4H7O5P/c1-2-9-4(3(5)6)10(7)8/h2H2,1H3,(H,5,6)(H,7,8). The van der Waals surface area contributed by atoms with Crippen LogP contribution in [0.2, 0.25) is 0 Å². The van der Waals surface area contributed by atoms with Gasteiger partial charge >= 0.3 is 11.4 Å². The summed E-state index contributed by atoms with van der Waals surface area (Å²) in [5, 5.41) is 8.17. The van der Waals surface area contributed by atoms with Crippen LogP contribution >= 0.6 is 8.00 Å². The molecule has 0 amide bonds. The fourth-order valence-electron chi connectivity index (χ4n) is 0.335. The molecule has 0 heterocycles. The summed E-state index contributed by atoms with van der Waals surface area (Å²) in [5.41, 5.74) is -0.794. The average Bonchev–Trinajstić information content (AvgIpc) is 1.81. The maximum Gasteiger partial charge on any atom is 0.407 e. The quantitative estimate of drug-likeness (QED) is 0.519. The first-order valence-corrected chi connectivity index (χ1v) is 3.70. The minimum atomic E-state index is -2.86. The molecule has 0 aromatic rings. The molecule has 0 aliphatic heterocycles. The Bertz CT molecular complexity index is 159. The topological polar surface area (TPSA) is 89.8 Å². The van der Waals surface area contributed by atoms with Gasteiger partial charge in [-0.25, -0.2) is 4.79 Å². The van der Waals surface area contributed by atoms with Crippen LogP contribution in [0.3, 0.4) is 0 Å². The molecular weight excluding hydrogens is 159 g/mol. The van der Waals surface area contributed by atoms with Gasteiger partial charge < -0.3 is 14.7 Å². The van der Waals surface area contributed by atoms with E-state index in [1.54, 1.807) is 0 Å². The summed E-state index contributed by atoms with van der Waals surface area (Å²) in [7, 11) is -2.86. The number of ether oxygens (including phenoxy) is 1. The number of carboxylic acid groups (broad SMARTS) is 1. The molecule has 10 heavy (non-hydrogen) atoms. The second-order valence-corrected chi connectivity index (χ2v) is 2.27. The molecule has 0 aliphatic carbocycles. The molecule has 58 valence electrons. The summed E-state index contributed by atoms with van der Waals surface area (Å²) in [6.45, 7) is 1.60. The first-order chi connectivity index (χ1) is 4.59. The first-order valence-electron chi connectivity index (χ1n) is 2.48. The molecule has 5 nitrogen and oxygen atoms in total. The predicted octanol–water partition coefficient (Wildman–Crippen LogP) is -1.10. The van der Waals surface area contributed by atoms with Gasteiger partial charge in [-0.15, -0.1) is 0 Å². The Morgan fingerprint density at radius 3 is 2.40 bits per heavy atom. The van der Waals surface area contributed by atoms with Gasteiger partial charge in [0.15, 0.2) is 0 Å². The lowest BCUT2D eigenvalue weighted by Gasteiger charge is -1.95. The van der Waals surface area contributed by atoms with Crippen molar-refractivity contribution >= 4 is 19.4 Å². The summed E-state index contributed by atoms with van der Waals surface area (Å²) in [4.78, 5) is 28.4. The molecule has 6 heteroatoms. The van der Waals surface area contributed by atoms with Crippen LogP contribution in [0.15, 0.2) is 0 Å². The highest BCUT2D eigenvalue weighted by atomic mass is 31.1. The van der Waals surface area contributed by atoms with Gasteiger partial charge in [-0.1, -0.05) is 0 Å². The number of hydrogen-bond donors (Lipinski definition) is 2. The molecule has 0 aliphatic rings. The zero-order valence-electron chi connectivity index (χ0n) is 5.27. The van der Waals surface area contributed by atoms with Crippen LogP contribution in [0.25, 0.3) is 0 Å². The van der Waals surface area contributed by atoms with Gasteiger partial charge in [-0.3, -0.25) is 0 Å². The Morgan fingerprint density at radius 1 is 1.80 bits per heavy atom. The van der Waals surface area contributed by atoms with E-state index in [1.165, 1.54) is 6.92 Å². The summed E-state index contributed by atoms with van der Waals surface area (Å²) >= 11 is 0. The molecule has 0 bridgehead atoms. The van der Waals surface area contributed by atoms with Crippen molar-refractivity contribution in [2.75, 3.05) is 6.61 Å². The monoisotopic (exact) mass is 166 g/mol. The summed E-state index contributed by atoms with van der Waals surface area (Å²) in [6, 6.07) is 0. The van der Waals surface area contributed by atoms with Crippen molar-refractivity contribution in [3.63, 3.8) is 0 Å². The molecule has 1 atom stereocenters. The third-order valence-electron chi connectivity index (χ3n) is 0.638. The van der Waals surface area contributed by atoms with E-state index in [1.807, 2.05) is 0 Å². The fourth-order valence-corrected chi connectivity index (χ4v) is 0.739. The van der Waals surface area contributed by atoms with Crippen LogP contribution in [0.5, 0.6) is 0 Å². The van der Waals surface area contributed by atoms with Crippen molar-refractivity contribution in [2.24, 2.45) is 0 Å². The molecule has 0 radical (unpaired) electrons. The molecule has 2 N–H and O–H groups in total. The second kappa shape index (κ2) is 4.35. The summed E-state index contributed by atoms with van der Waals surface area (Å²) in [5.74, 6) is -1.49. The Labute approximate surface area is 58.4 Å². The highest BCUT2D eigenvalue weighted by Gasteiger charge is 2.18. The van der Waals surface area contributed by atoms with Crippen molar-refractivity contribution in [3.8, 4) is 0 Å². The number of carboxylic acids is 1. The lowest BCUT2D eigenvalue weighted by Crippen LogP contribution is -2.18. The highest BCUT2D eigenvalue weighted by molar-refractivity contribution is 7.47. The van der Waals surface area contributed by atoms with E-state index in [4.69, 9.17) is 10.00 Å². The summed E-state index contributed by atoms with van der Waals surface area (Å²) in [6.07, 6.45) is 0. The zero-order valence-corrected chi connectivity index (χ0v) is 6.17. The lowest BCUT2D eigenvalue weighted by atomic mass is 10.7. The average molecular weight is 166 g/mol. The van der Waals surface area contributed by atoms with Gasteiger partial charge in [-0.2, -0.15) is 4.89 Å². The van der Waals surface area contributed by atoms with E-state index < -0.39 is 19.4 Å². The van der Waals surface area contributed by atoms with Crippen molar-refractivity contribution in [1.82, 2.24) is 0 Å². The van der Waals surface area contributed by atoms with Crippen LogP contribution in [-0.4, -0.2) is 28.1 Å². The number of aliphatic carboxylic acids is 1. The zero-order chi connectivity index (χ0) is 8.15. The number of hydrogen-bond acceptors (Lipinski definition) is 4. The molecule has 0 aromatic carbocycles. The van der Waals surface area contributed by atoms with Crippen LogP contribution in [-0.2, 0) is 9.53 Å². The van der Waals surface area contributed by atoms with Gasteiger partial charge in [0.05, 0.1) is 6.61 Å². The smallest absolute Gasteiger partial charge is 0.407 e. The second-order valence-electron chi connectivity index (χ2n) is 1.32. The Kier molecular flexibility index (Phi) is 4.14. The van der Waals surface area contributed by atoms with Crippen molar-refractivity contribution < 1.29 is 24.4 Å². The van der Waals surface area contributed by atoms with Crippen LogP contribution in [0.1, 0.15) is 6.92 Å². The van der Waals surface area contributed by atoms with E-state index in [-0.39, 0.29) is 6.61 Å². The van der Waals surface area contributed by atoms with Crippen LogP contribution < -0.4 is 4.89 Å². The highest BCUT2D eigenvalue weighted by Crippen LogP contribution is 2.06. The lowest BCUT2D eigenvalue weighted by molar-refractivity contribution is -0.168. The molecule has 0 saturated heterocycles. The number of carbonyl (C=O) groups is 1. The molecule has 0 spiro atoms. The molecule has 0 aromatic heterocycles. The molecule has 0 rings (SSSR count). The van der Waals surface area contributed by atoms with Crippen molar-refractivity contribution in [3.05, 3.63) is 0 Å². The van der Waals surface area contributed by atoms with Crippen molar-refractivity contribution in [1.29, 1.82) is 0 Å². The van der Waals surface area contributed by atoms with E-state index >= 15 is 0 Å². The van der Waals surface area contributed by atoms with E-state index in [0.29, 0.717) is 0 Å². The molecule has 1 unspecified atom stereocenters. The third-order valence-corrected chi connectivity index (χ3v) is 1.31. The maximum absolute atomic E-state index is 10.1. The van der Waals surface area contributed by atoms with Gasteiger partial charge in [0.25, 0.3) is 8.00 Å². The maximum atomic E-state index is 10.1. The van der Waals surface area contributed by atoms with Gasteiger partial charge in [0.1, 0.15) is 0 Å². The van der Waals surface area contributed by atoms with Gasteiger partial charge in [0, 0.05) is 0 Å². The fraction of sp³-hybridized carbons (Fsp3) is 0.500. The Hall–Kier alpha value is -0.480. The van der Waals surface area contributed by atoms with Crippen LogP contribution in [0.4, 0.5) is 0 Å². The molecule has 0 fully saturated rings. The van der Waals surface area contributed by atoms with E-state index in [2.05, 4.69) is 4.74 Å². The first kappa shape index (κ1) is 9.52. The molecular formula is C4H7O5P. The van der Waals surface area contributed by atoms with E-state index in [0.717, 1.165) is 0 Å². The Morgan fingerprint density at radius 2 is 2.30 bits per heavy atom.